The monoisotopic (exact) mass is 506 g/mol. The van der Waals surface area contributed by atoms with Crippen LogP contribution >= 0.6 is 0 Å². The second-order valence-electron chi connectivity index (χ2n) is 9.05. The smallest absolute Gasteiger partial charge is 0.410 e. The van der Waals surface area contributed by atoms with E-state index in [-0.39, 0.29) is 24.9 Å². The molecule has 1 amide bonds. The number of pyridine rings is 1. The van der Waals surface area contributed by atoms with Crippen LogP contribution in [0, 0.1) is 11.7 Å². The maximum Gasteiger partial charge on any atom is 0.410 e. The van der Waals surface area contributed by atoms with Gasteiger partial charge in [-0.05, 0) is 66.5 Å². The first-order chi connectivity index (χ1) is 18.0. The van der Waals surface area contributed by atoms with Crippen molar-refractivity contribution < 1.29 is 28.2 Å². The number of aryl methyl sites for hydroxylation is 1. The van der Waals surface area contributed by atoms with Gasteiger partial charge in [0.05, 0.1) is 25.9 Å². The molecule has 4 rings (SSSR count). The van der Waals surface area contributed by atoms with E-state index in [4.69, 9.17) is 14.2 Å². The number of hydrogen-bond donors (Lipinski definition) is 0. The van der Waals surface area contributed by atoms with Crippen LogP contribution in [0.3, 0.4) is 0 Å². The SMILES string of the molecule is COC(=O)/C=C1\CN(C(=O)OCc2ccccc2)CCC1CCCc1c(F)cnc2ccc(OC)cc12. The van der Waals surface area contributed by atoms with Crippen LogP contribution in [0.4, 0.5) is 9.18 Å². The van der Waals surface area contributed by atoms with Gasteiger partial charge in [0.15, 0.2) is 0 Å². The number of esters is 1. The third-order valence-electron chi connectivity index (χ3n) is 6.73. The minimum atomic E-state index is -0.460. The third kappa shape index (κ3) is 6.64. The van der Waals surface area contributed by atoms with Gasteiger partial charge in [0.1, 0.15) is 18.2 Å². The van der Waals surface area contributed by atoms with E-state index in [0.717, 1.165) is 22.9 Å². The van der Waals surface area contributed by atoms with Crippen molar-refractivity contribution in [2.24, 2.45) is 5.92 Å². The largest absolute Gasteiger partial charge is 0.497 e. The predicted octanol–water partition coefficient (Wildman–Crippen LogP) is 5.46. The van der Waals surface area contributed by atoms with Crippen LogP contribution in [0.15, 0.2) is 66.4 Å². The molecular formula is C29H31FN2O5. The zero-order valence-electron chi connectivity index (χ0n) is 21.1. The first-order valence-electron chi connectivity index (χ1n) is 12.3. The highest BCUT2D eigenvalue weighted by molar-refractivity contribution is 5.84. The Labute approximate surface area is 215 Å². The Bertz CT molecular complexity index is 1280. The average Bonchev–Trinajstić information content (AvgIpc) is 2.93. The van der Waals surface area contributed by atoms with E-state index in [1.165, 1.54) is 19.4 Å². The average molecular weight is 507 g/mol. The molecule has 7 nitrogen and oxygen atoms in total. The van der Waals surface area contributed by atoms with Crippen LogP contribution in [0.2, 0.25) is 0 Å². The van der Waals surface area contributed by atoms with Gasteiger partial charge < -0.3 is 19.1 Å². The molecule has 0 bridgehead atoms. The molecule has 1 fully saturated rings. The summed E-state index contributed by atoms with van der Waals surface area (Å²) >= 11 is 0. The van der Waals surface area contributed by atoms with Gasteiger partial charge in [0.2, 0.25) is 0 Å². The number of benzene rings is 2. The maximum atomic E-state index is 14.7. The number of fused-ring (bicyclic) bond motifs is 1. The molecule has 3 aromatic rings. The molecule has 37 heavy (non-hydrogen) atoms. The molecule has 1 aliphatic rings. The summed E-state index contributed by atoms with van der Waals surface area (Å²) < 4.78 is 30.3. The van der Waals surface area contributed by atoms with E-state index >= 15 is 0 Å². The Morgan fingerprint density at radius 2 is 1.97 bits per heavy atom. The summed E-state index contributed by atoms with van der Waals surface area (Å²) in [6.07, 6.45) is 4.94. The molecular weight excluding hydrogens is 475 g/mol. The number of nitrogens with zero attached hydrogens (tertiary/aromatic N) is 2. The molecule has 8 heteroatoms. The van der Waals surface area contributed by atoms with Crippen molar-refractivity contribution in [2.45, 2.75) is 32.3 Å². The fraction of sp³-hybridized carbons (Fsp3) is 0.345. The number of carbonyl (C=O) groups is 2. The Kier molecular flexibility index (Phi) is 8.72. The van der Waals surface area contributed by atoms with Crippen molar-refractivity contribution >= 4 is 23.0 Å². The van der Waals surface area contributed by atoms with E-state index in [0.29, 0.717) is 42.6 Å². The molecule has 0 radical (unpaired) electrons. The van der Waals surface area contributed by atoms with Crippen molar-refractivity contribution in [2.75, 3.05) is 27.3 Å². The Morgan fingerprint density at radius 3 is 2.73 bits per heavy atom. The topological polar surface area (TPSA) is 78.0 Å². The molecule has 0 N–H and O–H groups in total. The van der Waals surface area contributed by atoms with Crippen molar-refractivity contribution in [3.63, 3.8) is 0 Å². The van der Waals surface area contributed by atoms with Gasteiger partial charge in [-0.2, -0.15) is 0 Å². The minimum Gasteiger partial charge on any atom is -0.497 e. The van der Waals surface area contributed by atoms with Crippen molar-refractivity contribution in [1.82, 2.24) is 9.88 Å². The maximum absolute atomic E-state index is 14.7. The van der Waals surface area contributed by atoms with Crippen LogP contribution in [-0.4, -0.2) is 49.3 Å². The highest BCUT2D eigenvalue weighted by atomic mass is 19.1. The summed E-state index contributed by atoms with van der Waals surface area (Å²) in [5.41, 5.74) is 3.04. The van der Waals surface area contributed by atoms with Crippen molar-refractivity contribution in [3.05, 3.63) is 83.3 Å². The number of aromatic nitrogens is 1. The Morgan fingerprint density at radius 1 is 1.16 bits per heavy atom. The third-order valence-corrected chi connectivity index (χ3v) is 6.73. The van der Waals surface area contributed by atoms with Crippen LogP contribution < -0.4 is 4.74 Å². The second-order valence-corrected chi connectivity index (χ2v) is 9.05. The van der Waals surface area contributed by atoms with Gasteiger partial charge in [-0.15, -0.1) is 0 Å². The number of methoxy groups -OCH3 is 2. The number of piperidine rings is 1. The second kappa shape index (κ2) is 12.3. The first-order valence-corrected chi connectivity index (χ1v) is 12.3. The first kappa shape index (κ1) is 26.1. The number of halogens is 1. The Balaban J connectivity index is 1.41. The van der Waals surface area contributed by atoms with Gasteiger partial charge in [0.25, 0.3) is 0 Å². The summed E-state index contributed by atoms with van der Waals surface area (Å²) in [6, 6.07) is 14.9. The lowest BCUT2D eigenvalue weighted by Crippen LogP contribution is -2.40. The molecule has 1 saturated heterocycles. The molecule has 1 aliphatic heterocycles. The molecule has 0 aliphatic carbocycles. The molecule has 0 spiro atoms. The van der Waals surface area contributed by atoms with Crippen molar-refractivity contribution in [3.8, 4) is 5.75 Å². The number of hydrogen-bond acceptors (Lipinski definition) is 6. The van der Waals surface area contributed by atoms with E-state index in [1.54, 1.807) is 18.1 Å². The van der Waals surface area contributed by atoms with Gasteiger partial charge >= 0.3 is 12.1 Å². The van der Waals surface area contributed by atoms with E-state index < -0.39 is 12.1 Å². The summed E-state index contributed by atoms with van der Waals surface area (Å²) in [5.74, 6) is -0.0845. The molecule has 0 saturated carbocycles. The molecule has 2 aromatic carbocycles. The molecule has 1 unspecified atom stereocenters. The zero-order valence-corrected chi connectivity index (χ0v) is 21.1. The van der Waals surface area contributed by atoms with E-state index in [2.05, 4.69) is 4.98 Å². The normalized spacial score (nSPS) is 16.6. The lowest BCUT2D eigenvalue weighted by molar-refractivity contribution is -0.135. The Hall–Kier alpha value is -3.94. The molecule has 2 heterocycles. The molecule has 1 atom stereocenters. The quantitative estimate of drug-likeness (QED) is 0.298. The van der Waals surface area contributed by atoms with Gasteiger partial charge in [-0.25, -0.2) is 14.0 Å². The van der Waals surface area contributed by atoms with Gasteiger partial charge in [-0.1, -0.05) is 30.3 Å². The lowest BCUT2D eigenvalue weighted by atomic mass is 9.86. The van der Waals surface area contributed by atoms with Gasteiger partial charge in [0, 0.05) is 24.6 Å². The fourth-order valence-corrected chi connectivity index (χ4v) is 4.70. The number of amides is 1. The van der Waals surface area contributed by atoms with Crippen LogP contribution in [-0.2, 0) is 27.3 Å². The molecule has 194 valence electrons. The summed E-state index contributed by atoms with van der Waals surface area (Å²) in [4.78, 5) is 30.5. The number of likely N-dealkylation sites (tertiary alicyclic amines) is 1. The highest BCUT2D eigenvalue weighted by Gasteiger charge is 2.28. The summed E-state index contributed by atoms with van der Waals surface area (Å²) in [5, 5.41) is 0.737. The van der Waals surface area contributed by atoms with Crippen LogP contribution in [0.1, 0.15) is 30.4 Å². The van der Waals surface area contributed by atoms with Gasteiger partial charge in [-0.3, -0.25) is 4.98 Å². The standard InChI is InChI=1S/C29H31FN2O5/c1-35-23-11-12-27-25(16-23)24(26(30)17-31-27)10-6-9-21-13-14-32(18-22(21)15-28(33)36-2)29(34)37-19-20-7-4-3-5-8-20/h3-5,7-8,11-12,15-17,21H,6,9-10,13-14,18-19H2,1-2H3/b22-15+. The highest BCUT2D eigenvalue weighted by Crippen LogP contribution is 2.30. The fourth-order valence-electron chi connectivity index (χ4n) is 4.70. The molecule has 1 aromatic heterocycles. The van der Waals surface area contributed by atoms with Crippen LogP contribution in [0.5, 0.6) is 5.75 Å². The van der Waals surface area contributed by atoms with E-state index in [9.17, 15) is 14.0 Å². The number of rotatable bonds is 8. The lowest BCUT2D eigenvalue weighted by Gasteiger charge is -2.33. The summed E-state index contributed by atoms with van der Waals surface area (Å²) in [7, 11) is 2.90. The zero-order chi connectivity index (χ0) is 26.2. The number of ether oxygens (including phenoxy) is 3. The predicted molar refractivity (Wildman–Crippen MR) is 138 cm³/mol. The number of carbonyl (C=O) groups excluding carboxylic acids is 2. The van der Waals surface area contributed by atoms with Crippen LogP contribution in [0.25, 0.3) is 10.9 Å². The minimum absolute atomic E-state index is 0.0722. The van der Waals surface area contributed by atoms with Crippen molar-refractivity contribution in [1.29, 1.82) is 0 Å². The van der Waals surface area contributed by atoms with E-state index in [1.807, 2.05) is 42.5 Å². The summed E-state index contributed by atoms with van der Waals surface area (Å²) in [6.45, 7) is 0.990.